The van der Waals surface area contributed by atoms with E-state index in [2.05, 4.69) is 31.1 Å². The summed E-state index contributed by atoms with van der Waals surface area (Å²) in [5, 5.41) is 7.83. The molecule has 5 nitrogen and oxygen atoms in total. The standard InChI is InChI=1S/C13H16BrN3O2S/c1-4-10-15-13(17-16-10)20-7-8-5-6-9(18-2)12(19-3)11(8)14/h5-6H,4,7H2,1-3H3,(H,15,16,17). The fourth-order valence-corrected chi connectivity index (χ4v) is 3.31. The summed E-state index contributed by atoms with van der Waals surface area (Å²) in [6, 6.07) is 3.90. The lowest BCUT2D eigenvalue weighted by Gasteiger charge is -2.12. The van der Waals surface area contributed by atoms with Gasteiger partial charge in [-0.1, -0.05) is 24.8 Å². The maximum atomic E-state index is 5.36. The Morgan fingerprint density at radius 2 is 2.10 bits per heavy atom. The van der Waals surface area contributed by atoms with Crippen LogP contribution in [0.15, 0.2) is 21.8 Å². The molecule has 7 heteroatoms. The van der Waals surface area contributed by atoms with Gasteiger partial charge in [0.05, 0.1) is 18.7 Å². The van der Waals surface area contributed by atoms with E-state index in [0.29, 0.717) is 11.5 Å². The number of hydrogen-bond acceptors (Lipinski definition) is 5. The summed E-state index contributed by atoms with van der Waals surface area (Å²) in [5.74, 6) is 3.06. The van der Waals surface area contributed by atoms with E-state index >= 15 is 0 Å². The third-order valence-electron chi connectivity index (χ3n) is 2.77. The number of nitrogens with one attached hydrogen (secondary N) is 1. The number of H-pyrrole nitrogens is 1. The second-order valence-corrected chi connectivity index (χ2v) is 5.72. The molecule has 0 saturated carbocycles. The molecule has 0 radical (unpaired) electrons. The number of aromatic amines is 1. The minimum absolute atomic E-state index is 0.704. The molecule has 1 N–H and O–H groups in total. The van der Waals surface area contributed by atoms with Crippen molar-refractivity contribution in [3.8, 4) is 11.5 Å². The molecule has 0 spiro atoms. The van der Waals surface area contributed by atoms with Gasteiger partial charge in [0.2, 0.25) is 5.16 Å². The van der Waals surface area contributed by atoms with E-state index in [1.807, 2.05) is 19.1 Å². The van der Waals surface area contributed by atoms with E-state index in [1.165, 1.54) is 0 Å². The smallest absolute Gasteiger partial charge is 0.208 e. The van der Waals surface area contributed by atoms with Gasteiger partial charge in [0.1, 0.15) is 5.82 Å². The number of ether oxygens (including phenoxy) is 2. The van der Waals surface area contributed by atoms with Gasteiger partial charge in [-0.15, -0.1) is 5.10 Å². The first kappa shape index (κ1) is 15.2. The van der Waals surface area contributed by atoms with E-state index in [0.717, 1.165) is 33.2 Å². The maximum absolute atomic E-state index is 5.36. The van der Waals surface area contributed by atoms with Crippen LogP contribution in [0.1, 0.15) is 18.3 Å². The highest BCUT2D eigenvalue weighted by atomic mass is 79.9. The van der Waals surface area contributed by atoms with Crippen LogP contribution in [0.5, 0.6) is 11.5 Å². The number of aryl methyl sites for hydroxylation is 1. The van der Waals surface area contributed by atoms with Gasteiger partial charge in [-0.3, -0.25) is 5.10 Å². The molecule has 20 heavy (non-hydrogen) atoms. The summed E-state index contributed by atoms with van der Waals surface area (Å²) in [6.45, 7) is 2.04. The van der Waals surface area contributed by atoms with E-state index in [9.17, 15) is 0 Å². The minimum atomic E-state index is 0.704. The summed E-state index contributed by atoms with van der Waals surface area (Å²) in [6.07, 6.45) is 0.855. The van der Waals surface area contributed by atoms with Crippen LogP contribution in [0, 0.1) is 0 Å². The Hall–Kier alpha value is -1.21. The van der Waals surface area contributed by atoms with Crippen LogP contribution in [0.2, 0.25) is 0 Å². The van der Waals surface area contributed by atoms with E-state index in [1.54, 1.807) is 26.0 Å². The molecule has 0 bridgehead atoms. The molecule has 0 amide bonds. The average Bonchev–Trinajstić information content (AvgIpc) is 2.93. The summed E-state index contributed by atoms with van der Waals surface area (Å²) < 4.78 is 11.5. The van der Waals surface area contributed by atoms with E-state index in [-0.39, 0.29) is 0 Å². The third kappa shape index (κ3) is 3.27. The summed E-state index contributed by atoms with van der Waals surface area (Å²) in [5.41, 5.74) is 1.11. The van der Waals surface area contributed by atoms with Gasteiger partial charge in [0, 0.05) is 12.2 Å². The largest absolute Gasteiger partial charge is 0.493 e. The van der Waals surface area contributed by atoms with Crippen molar-refractivity contribution in [2.75, 3.05) is 14.2 Å². The van der Waals surface area contributed by atoms with Gasteiger partial charge in [0.25, 0.3) is 0 Å². The highest BCUT2D eigenvalue weighted by Crippen LogP contribution is 2.39. The Morgan fingerprint density at radius 3 is 2.70 bits per heavy atom. The number of nitrogens with zero attached hydrogens (tertiary/aromatic N) is 2. The molecular formula is C13H16BrN3O2S. The predicted octanol–water partition coefficient (Wildman–Crippen LogP) is 3.44. The molecule has 108 valence electrons. The molecule has 2 rings (SSSR count). The molecule has 0 unspecified atom stereocenters. The fraction of sp³-hybridized carbons (Fsp3) is 0.385. The van der Waals surface area contributed by atoms with Crippen LogP contribution < -0.4 is 9.47 Å². The zero-order valence-electron chi connectivity index (χ0n) is 11.6. The lowest BCUT2D eigenvalue weighted by Crippen LogP contribution is -1.94. The number of halogens is 1. The number of benzene rings is 1. The SMILES string of the molecule is CCc1nc(SCc2ccc(OC)c(OC)c2Br)n[nH]1. The topological polar surface area (TPSA) is 60.0 Å². The zero-order chi connectivity index (χ0) is 14.5. The van der Waals surface area contributed by atoms with Crippen molar-refractivity contribution in [1.82, 2.24) is 15.2 Å². The van der Waals surface area contributed by atoms with Crippen molar-refractivity contribution in [1.29, 1.82) is 0 Å². The number of rotatable bonds is 6. The Labute approximate surface area is 130 Å². The molecule has 0 saturated heterocycles. The summed E-state index contributed by atoms with van der Waals surface area (Å²) in [4.78, 5) is 4.37. The van der Waals surface area contributed by atoms with Crippen LogP contribution in [0.4, 0.5) is 0 Å². The molecule has 2 aromatic rings. The molecule has 0 atom stereocenters. The van der Waals surface area contributed by atoms with Crippen LogP contribution >= 0.6 is 27.7 Å². The Morgan fingerprint density at radius 1 is 1.30 bits per heavy atom. The summed E-state index contributed by atoms with van der Waals surface area (Å²) in [7, 11) is 3.25. The first-order valence-corrected chi connectivity index (χ1v) is 7.90. The highest BCUT2D eigenvalue weighted by Gasteiger charge is 2.13. The zero-order valence-corrected chi connectivity index (χ0v) is 14.0. The van der Waals surface area contributed by atoms with Crippen LogP contribution in [-0.2, 0) is 12.2 Å². The van der Waals surface area contributed by atoms with Crippen molar-refractivity contribution in [2.45, 2.75) is 24.3 Å². The van der Waals surface area contributed by atoms with Gasteiger partial charge in [-0.25, -0.2) is 4.98 Å². The number of hydrogen-bond donors (Lipinski definition) is 1. The fourth-order valence-electron chi connectivity index (χ4n) is 1.68. The quantitative estimate of drug-likeness (QED) is 0.802. The van der Waals surface area contributed by atoms with Gasteiger partial charge in [-0.2, -0.15) is 0 Å². The Bertz CT molecular complexity index is 589. The third-order valence-corrected chi connectivity index (χ3v) is 4.53. The monoisotopic (exact) mass is 357 g/mol. The Kier molecular flexibility index (Phi) is 5.31. The minimum Gasteiger partial charge on any atom is -0.493 e. The lowest BCUT2D eigenvalue weighted by atomic mass is 10.2. The van der Waals surface area contributed by atoms with Crippen molar-refractivity contribution in [3.05, 3.63) is 28.0 Å². The molecular weight excluding hydrogens is 342 g/mol. The van der Waals surface area contributed by atoms with Gasteiger partial charge in [-0.05, 0) is 27.6 Å². The lowest BCUT2D eigenvalue weighted by molar-refractivity contribution is 0.353. The Balaban J connectivity index is 2.13. The van der Waals surface area contributed by atoms with Gasteiger partial charge < -0.3 is 9.47 Å². The number of thioether (sulfide) groups is 1. The molecule has 0 aliphatic carbocycles. The molecule has 0 aliphatic heterocycles. The molecule has 1 aromatic heterocycles. The second-order valence-electron chi connectivity index (χ2n) is 3.98. The maximum Gasteiger partial charge on any atom is 0.208 e. The summed E-state index contributed by atoms with van der Waals surface area (Å²) >= 11 is 5.14. The first-order chi connectivity index (χ1) is 9.69. The van der Waals surface area contributed by atoms with E-state index in [4.69, 9.17) is 9.47 Å². The van der Waals surface area contributed by atoms with Crippen LogP contribution in [-0.4, -0.2) is 29.4 Å². The molecule has 1 aromatic carbocycles. The van der Waals surface area contributed by atoms with Crippen molar-refractivity contribution in [2.24, 2.45) is 0 Å². The van der Waals surface area contributed by atoms with Gasteiger partial charge in [0.15, 0.2) is 11.5 Å². The predicted molar refractivity (Wildman–Crippen MR) is 82.6 cm³/mol. The first-order valence-electron chi connectivity index (χ1n) is 6.13. The normalized spacial score (nSPS) is 10.6. The molecule has 0 fully saturated rings. The van der Waals surface area contributed by atoms with Crippen LogP contribution in [0.25, 0.3) is 0 Å². The van der Waals surface area contributed by atoms with Crippen molar-refractivity contribution < 1.29 is 9.47 Å². The highest BCUT2D eigenvalue weighted by molar-refractivity contribution is 9.10. The van der Waals surface area contributed by atoms with Gasteiger partial charge >= 0.3 is 0 Å². The van der Waals surface area contributed by atoms with Crippen LogP contribution in [0.3, 0.4) is 0 Å². The molecule has 0 aliphatic rings. The number of methoxy groups -OCH3 is 2. The molecule has 1 heterocycles. The second kappa shape index (κ2) is 6.99. The van der Waals surface area contributed by atoms with E-state index < -0.39 is 0 Å². The average molecular weight is 358 g/mol. The van der Waals surface area contributed by atoms with Crippen molar-refractivity contribution in [3.63, 3.8) is 0 Å². The number of aromatic nitrogens is 3. The van der Waals surface area contributed by atoms with Crippen molar-refractivity contribution >= 4 is 27.7 Å².